The Balaban J connectivity index is 1.40. The van der Waals surface area contributed by atoms with Crippen LogP contribution in [0.1, 0.15) is 34.5 Å². The number of hydrogen-bond acceptors (Lipinski definition) is 3. The lowest BCUT2D eigenvalue weighted by atomic mass is 9.85. The molecule has 4 heterocycles. The molecule has 2 aromatic heterocycles. The molecule has 1 fully saturated rings. The summed E-state index contributed by atoms with van der Waals surface area (Å²) >= 11 is 6.11. The van der Waals surface area contributed by atoms with Crippen LogP contribution in [0.4, 0.5) is 0 Å². The van der Waals surface area contributed by atoms with Crippen LogP contribution in [0.5, 0.6) is 0 Å². The first-order chi connectivity index (χ1) is 13.1. The number of carbonyl (C=O) groups is 1. The van der Waals surface area contributed by atoms with Gasteiger partial charge in [0.25, 0.3) is 5.91 Å². The third-order valence-corrected chi connectivity index (χ3v) is 6.14. The highest BCUT2D eigenvalue weighted by Gasteiger charge is 2.44. The average molecular weight is 382 g/mol. The van der Waals surface area contributed by atoms with E-state index in [-0.39, 0.29) is 11.5 Å². The van der Waals surface area contributed by atoms with Crippen LogP contribution in [0.15, 0.2) is 42.7 Å². The standard InChI is InChI=1S/C21H20ClN3O2/c1-24-12-16(15-5-4-14(22)11-19(15)24)20(26)25-9-6-21(7-10-25)17-3-2-8-23-18(17)13-27-21/h2-5,8,11-12H,6-7,9-10,13H2,1H3. The smallest absolute Gasteiger partial charge is 0.256 e. The summed E-state index contributed by atoms with van der Waals surface area (Å²) in [7, 11) is 1.94. The van der Waals surface area contributed by atoms with E-state index in [0.717, 1.165) is 35.0 Å². The van der Waals surface area contributed by atoms with Gasteiger partial charge >= 0.3 is 0 Å². The second-order valence-electron chi connectivity index (χ2n) is 7.39. The summed E-state index contributed by atoms with van der Waals surface area (Å²) in [6, 6.07) is 9.74. The summed E-state index contributed by atoms with van der Waals surface area (Å²) < 4.78 is 8.11. The Kier molecular flexibility index (Phi) is 3.78. The Hall–Kier alpha value is -2.37. The number of fused-ring (bicyclic) bond motifs is 3. The lowest BCUT2D eigenvalue weighted by molar-refractivity contribution is -0.0744. The minimum absolute atomic E-state index is 0.0715. The number of pyridine rings is 1. The van der Waals surface area contributed by atoms with Gasteiger partial charge in [-0.25, -0.2) is 0 Å². The number of ether oxygens (including phenoxy) is 1. The van der Waals surface area contributed by atoms with Crippen molar-refractivity contribution in [2.45, 2.75) is 25.0 Å². The van der Waals surface area contributed by atoms with Crippen molar-refractivity contribution in [2.75, 3.05) is 13.1 Å². The van der Waals surface area contributed by atoms with Crippen molar-refractivity contribution in [3.05, 3.63) is 64.6 Å². The van der Waals surface area contributed by atoms with Crippen molar-refractivity contribution in [2.24, 2.45) is 7.05 Å². The highest BCUT2D eigenvalue weighted by atomic mass is 35.5. The fourth-order valence-electron chi connectivity index (χ4n) is 4.43. The molecule has 0 unspecified atom stereocenters. The lowest BCUT2D eigenvalue weighted by Crippen LogP contribution is -2.45. The maximum Gasteiger partial charge on any atom is 0.256 e. The second kappa shape index (κ2) is 6.08. The number of likely N-dealkylation sites (tertiary alicyclic amines) is 1. The van der Waals surface area contributed by atoms with E-state index in [1.165, 1.54) is 5.56 Å². The van der Waals surface area contributed by atoms with Gasteiger partial charge in [0.2, 0.25) is 0 Å². The fourth-order valence-corrected chi connectivity index (χ4v) is 4.60. The summed E-state index contributed by atoms with van der Waals surface area (Å²) in [6.45, 7) is 1.92. The van der Waals surface area contributed by atoms with E-state index in [0.29, 0.717) is 24.7 Å². The monoisotopic (exact) mass is 381 g/mol. The van der Waals surface area contributed by atoms with Crippen molar-refractivity contribution >= 4 is 28.4 Å². The van der Waals surface area contributed by atoms with E-state index < -0.39 is 0 Å². The molecule has 0 aliphatic carbocycles. The summed E-state index contributed by atoms with van der Waals surface area (Å²) in [5, 5.41) is 1.62. The quantitative estimate of drug-likeness (QED) is 0.642. The molecule has 0 N–H and O–H groups in total. The molecule has 6 heteroatoms. The molecule has 1 aromatic carbocycles. The molecule has 0 atom stereocenters. The highest BCUT2D eigenvalue weighted by Crippen LogP contribution is 2.43. The summed E-state index contributed by atoms with van der Waals surface area (Å²) in [6.07, 6.45) is 5.31. The Morgan fingerprint density at radius 2 is 2.07 bits per heavy atom. The third-order valence-electron chi connectivity index (χ3n) is 5.91. The average Bonchev–Trinajstić information content (AvgIpc) is 3.21. The number of nitrogens with zero attached hydrogens (tertiary/aromatic N) is 3. The third kappa shape index (κ3) is 2.57. The van der Waals surface area contributed by atoms with E-state index in [9.17, 15) is 4.79 Å². The number of rotatable bonds is 1. The molecule has 3 aromatic rings. The van der Waals surface area contributed by atoms with E-state index in [1.54, 1.807) is 0 Å². The van der Waals surface area contributed by atoms with Crippen molar-refractivity contribution in [1.82, 2.24) is 14.5 Å². The molecule has 1 spiro atoms. The van der Waals surface area contributed by atoms with Crippen LogP contribution in [0.2, 0.25) is 5.02 Å². The van der Waals surface area contributed by atoms with Gasteiger partial charge in [-0.15, -0.1) is 0 Å². The van der Waals surface area contributed by atoms with Crippen LogP contribution in [0.3, 0.4) is 0 Å². The highest BCUT2D eigenvalue weighted by molar-refractivity contribution is 6.31. The SMILES string of the molecule is Cn1cc(C(=O)N2CCC3(CC2)OCc2ncccc23)c2ccc(Cl)cc21. The van der Waals surface area contributed by atoms with Gasteiger partial charge in [-0.05, 0) is 31.0 Å². The fraction of sp³-hybridized carbons (Fsp3) is 0.333. The largest absolute Gasteiger partial charge is 0.364 e. The number of benzene rings is 1. The first-order valence-corrected chi connectivity index (χ1v) is 9.57. The van der Waals surface area contributed by atoms with E-state index in [4.69, 9.17) is 16.3 Å². The number of halogens is 1. The summed E-state index contributed by atoms with van der Waals surface area (Å²) in [5.74, 6) is 0.0715. The zero-order valence-corrected chi connectivity index (χ0v) is 15.9. The van der Waals surface area contributed by atoms with E-state index in [1.807, 2.05) is 53.2 Å². The predicted molar refractivity (Wildman–Crippen MR) is 104 cm³/mol. The van der Waals surface area contributed by atoms with Gasteiger partial charge in [0.05, 0.1) is 29.0 Å². The number of carbonyl (C=O) groups excluding carboxylic acids is 1. The normalized spacial score (nSPS) is 18.2. The molecule has 0 bridgehead atoms. The molecule has 0 radical (unpaired) electrons. The van der Waals surface area contributed by atoms with Crippen LogP contribution < -0.4 is 0 Å². The Morgan fingerprint density at radius 3 is 2.89 bits per heavy atom. The van der Waals surface area contributed by atoms with Gasteiger partial charge in [0, 0.05) is 48.5 Å². The molecule has 1 amide bonds. The maximum atomic E-state index is 13.2. The first kappa shape index (κ1) is 16.8. The topological polar surface area (TPSA) is 47.4 Å². The molecule has 1 saturated heterocycles. The van der Waals surface area contributed by atoms with Crippen LogP contribution in [0, 0.1) is 0 Å². The lowest BCUT2D eigenvalue weighted by Gasteiger charge is -2.39. The van der Waals surface area contributed by atoms with E-state index in [2.05, 4.69) is 11.1 Å². The molecule has 5 rings (SSSR count). The van der Waals surface area contributed by atoms with Gasteiger partial charge in [-0.3, -0.25) is 9.78 Å². The van der Waals surface area contributed by atoms with Gasteiger partial charge in [0.1, 0.15) is 0 Å². The van der Waals surface area contributed by atoms with Crippen molar-refractivity contribution in [3.8, 4) is 0 Å². The molecule has 138 valence electrons. The van der Waals surface area contributed by atoms with Crippen LogP contribution in [-0.2, 0) is 24.0 Å². The zero-order chi connectivity index (χ0) is 18.6. The Morgan fingerprint density at radius 1 is 1.26 bits per heavy atom. The van der Waals surface area contributed by atoms with Gasteiger partial charge in [-0.2, -0.15) is 0 Å². The minimum atomic E-state index is -0.285. The minimum Gasteiger partial charge on any atom is -0.364 e. The second-order valence-corrected chi connectivity index (χ2v) is 7.82. The summed E-state index contributed by atoms with van der Waals surface area (Å²) in [5.41, 5.74) is 3.64. The van der Waals surface area contributed by atoms with Crippen LogP contribution >= 0.6 is 11.6 Å². The van der Waals surface area contributed by atoms with Crippen LogP contribution in [-0.4, -0.2) is 33.4 Å². The van der Waals surface area contributed by atoms with E-state index >= 15 is 0 Å². The maximum absolute atomic E-state index is 13.2. The molecule has 2 aliphatic rings. The van der Waals surface area contributed by atoms with Gasteiger partial charge in [0.15, 0.2) is 0 Å². The molecular weight excluding hydrogens is 362 g/mol. The number of aromatic nitrogens is 2. The van der Waals surface area contributed by atoms with Crippen molar-refractivity contribution < 1.29 is 9.53 Å². The van der Waals surface area contributed by atoms with Crippen molar-refractivity contribution in [3.63, 3.8) is 0 Å². The molecule has 0 saturated carbocycles. The Bertz CT molecular complexity index is 1050. The Labute approximate surface area is 162 Å². The molecular formula is C21H20ClN3O2. The molecule has 2 aliphatic heterocycles. The zero-order valence-electron chi connectivity index (χ0n) is 15.1. The first-order valence-electron chi connectivity index (χ1n) is 9.20. The molecule has 27 heavy (non-hydrogen) atoms. The van der Waals surface area contributed by atoms with Crippen molar-refractivity contribution in [1.29, 1.82) is 0 Å². The van der Waals surface area contributed by atoms with Gasteiger partial charge < -0.3 is 14.2 Å². The molecule has 5 nitrogen and oxygen atoms in total. The van der Waals surface area contributed by atoms with Crippen LogP contribution in [0.25, 0.3) is 10.9 Å². The number of amides is 1. The number of aryl methyl sites for hydroxylation is 1. The number of piperidine rings is 1. The predicted octanol–water partition coefficient (Wildman–Crippen LogP) is 3.89. The summed E-state index contributed by atoms with van der Waals surface area (Å²) in [4.78, 5) is 19.6. The number of hydrogen-bond donors (Lipinski definition) is 0. The van der Waals surface area contributed by atoms with Gasteiger partial charge in [-0.1, -0.05) is 23.7 Å².